The fourth-order valence-electron chi connectivity index (χ4n) is 11.7. The summed E-state index contributed by atoms with van der Waals surface area (Å²) in [5, 5.41) is 116. The number of esters is 4. The van der Waals surface area contributed by atoms with Gasteiger partial charge in [-0.25, -0.2) is 19.2 Å². The van der Waals surface area contributed by atoms with Crippen molar-refractivity contribution in [2.45, 2.75) is 188 Å². The van der Waals surface area contributed by atoms with Crippen LogP contribution in [0.4, 0.5) is 23.3 Å². The second kappa shape index (κ2) is 34.2. The summed E-state index contributed by atoms with van der Waals surface area (Å²) in [6.45, 7) is -0.823. The maximum absolute atomic E-state index is 12.1. The van der Waals surface area contributed by atoms with E-state index in [0.717, 1.165) is 108 Å². The van der Waals surface area contributed by atoms with E-state index in [1.54, 1.807) is 21.9 Å². The van der Waals surface area contributed by atoms with Crippen LogP contribution in [0, 0.1) is 23.7 Å². The number of ether oxygens (including phenoxy) is 8. The Morgan fingerprint density at radius 2 is 0.561 bits per heavy atom. The zero-order valence-electron chi connectivity index (χ0n) is 52.4. The SMILES string of the molecule is O=C(OC[C@H]1O[C@@H](n2ccc(NO)nc2=O)[C@H](O)[C@@H]1O)C1CC1.O=C(OC[C@H]1O[C@@H](n2ccc(NO)nc2=O)[C@H](O)[C@@H]1O)C1CCC1.O=C(OC[C@H]1O[C@@H](n2ccc(NO)nc2=O)[C@H](O)[C@@H]1O)C1CCCC1.O=C(OC[C@H]1O[C@@H](n2ccc(NO)nc2=O)[C@H](O)[C@@H]1O)C1CCCCC1. The van der Waals surface area contributed by atoms with E-state index in [1.165, 1.54) is 49.1 Å². The van der Waals surface area contributed by atoms with Gasteiger partial charge in [-0.1, -0.05) is 38.5 Å². The van der Waals surface area contributed by atoms with Crippen molar-refractivity contribution in [3.05, 3.63) is 91.0 Å². The molecule has 4 saturated carbocycles. The average Bonchev–Trinajstić information content (AvgIpc) is 1.67. The average molecular weight is 1390 g/mol. The summed E-state index contributed by atoms with van der Waals surface area (Å²) >= 11 is 0. The highest BCUT2D eigenvalue weighted by molar-refractivity contribution is 5.75. The van der Waals surface area contributed by atoms with E-state index in [9.17, 15) is 79.2 Å². The molecule has 0 unspecified atom stereocenters. The summed E-state index contributed by atoms with van der Waals surface area (Å²) < 4.78 is 46.5. The normalized spacial score (nSPS) is 29.8. The molecule has 98 heavy (non-hydrogen) atoms. The molecular weight excluding hydrogens is 1310 g/mol. The third-order valence-electron chi connectivity index (χ3n) is 17.8. The Balaban J connectivity index is 0.000000153. The molecule has 0 spiro atoms. The van der Waals surface area contributed by atoms with Crippen molar-refractivity contribution in [1.29, 1.82) is 0 Å². The Hall–Kier alpha value is -8.04. The fourth-order valence-corrected chi connectivity index (χ4v) is 11.7. The van der Waals surface area contributed by atoms with Crippen molar-refractivity contribution < 1.29 is 119 Å². The first-order chi connectivity index (χ1) is 47.0. The maximum atomic E-state index is 12.1. The highest BCUT2D eigenvalue weighted by atomic mass is 16.6. The summed E-state index contributed by atoms with van der Waals surface area (Å²) in [6, 6.07) is 5.20. The van der Waals surface area contributed by atoms with Gasteiger partial charge in [-0.05, 0) is 75.6 Å². The molecule has 8 fully saturated rings. The van der Waals surface area contributed by atoms with Gasteiger partial charge >= 0.3 is 46.6 Å². The molecule has 0 amide bonds. The van der Waals surface area contributed by atoms with E-state index in [2.05, 4.69) is 19.9 Å². The fraction of sp³-hybridized carbons (Fsp3) is 0.655. The second-order valence-electron chi connectivity index (χ2n) is 24.4. The van der Waals surface area contributed by atoms with Gasteiger partial charge < -0.3 is 78.7 Å². The lowest BCUT2D eigenvalue weighted by molar-refractivity contribution is -0.158. The van der Waals surface area contributed by atoms with Crippen LogP contribution in [0.25, 0.3) is 0 Å². The molecule has 4 aromatic heterocycles. The number of rotatable bonds is 20. The highest BCUT2D eigenvalue weighted by Gasteiger charge is 2.49. The molecule has 8 heterocycles. The summed E-state index contributed by atoms with van der Waals surface area (Å²) in [7, 11) is 0. The molecule has 40 nitrogen and oxygen atoms in total. The molecule has 8 aliphatic rings. The van der Waals surface area contributed by atoms with Crippen molar-refractivity contribution >= 4 is 47.1 Å². The number of aliphatic hydroxyl groups is 8. The minimum Gasteiger partial charge on any atom is -0.463 e. The van der Waals surface area contributed by atoms with Gasteiger partial charge in [0.15, 0.2) is 48.2 Å². The molecule has 16 atom stereocenters. The van der Waals surface area contributed by atoms with Crippen molar-refractivity contribution in [3.8, 4) is 0 Å². The molecule has 16 N–H and O–H groups in total. The van der Waals surface area contributed by atoms with Crippen LogP contribution in [0.1, 0.15) is 115 Å². The number of hydrogen-bond acceptors (Lipinski definition) is 36. The Morgan fingerprint density at radius 1 is 0.347 bits per heavy atom. The Morgan fingerprint density at radius 3 is 0.755 bits per heavy atom. The van der Waals surface area contributed by atoms with Gasteiger partial charge in [-0.2, -0.15) is 19.9 Å². The number of aliphatic hydroxyl groups excluding tert-OH is 8. The number of carbonyl (C=O) groups is 4. The topological polar surface area (TPSA) is 573 Å². The predicted octanol–water partition coefficient (Wildman–Crippen LogP) is -3.19. The zero-order valence-corrected chi connectivity index (χ0v) is 52.4. The molecule has 4 aliphatic carbocycles. The van der Waals surface area contributed by atoms with Crippen molar-refractivity contribution in [2.75, 3.05) is 48.3 Å². The van der Waals surface area contributed by atoms with Gasteiger partial charge in [0.2, 0.25) is 0 Å². The van der Waals surface area contributed by atoms with Crippen LogP contribution >= 0.6 is 0 Å². The van der Waals surface area contributed by atoms with E-state index >= 15 is 0 Å². The highest BCUT2D eigenvalue weighted by Crippen LogP contribution is 2.36. The third kappa shape index (κ3) is 18.1. The Labute approximate surface area is 553 Å². The lowest BCUT2D eigenvalue weighted by atomic mass is 9.86. The molecule has 4 saturated heterocycles. The number of nitrogens with zero attached hydrogens (tertiary/aromatic N) is 8. The molecule has 0 radical (unpaired) electrons. The molecule has 40 heteroatoms. The summed E-state index contributed by atoms with van der Waals surface area (Å²) in [6.07, 6.45) is -1.73. The second-order valence-corrected chi connectivity index (χ2v) is 24.4. The first kappa shape index (κ1) is 74.2. The molecule has 540 valence electrons. The summed E-state index contributed by atoms with van der Waals surface area (Å²) in [5.41, 5.74) is 3.83. The molecule has 4 aromatic rings. The lowest BCUT2D eigenvalue weighted by Crippen LogP contribution is -2.37. The zero-order chi connectivity index (χ0) is 70.5. The van der Waals surface area contributed by atoms with Gasteiger partial charge in [-0.15, -0.1) is 0 Å². The van der Waals surface area contributed by atoms with Crippen LogP contribution < -0.4 is 44.7 Å². The van der Waals surface area contributed by atoms with Gasteiger partial charge in [0.1, 0.15) is 99.7 Å². The van der Waals surface area contributed by atoms with Crippen LogP contribution in [0.3, 0.4) is 0 Å². The molecular formula is C58H80N12O28. The minimum absolute atomic E-state index is 0.0581. The van der Waals surface area contributed by atoms with Crippen LogP contribution in [0.2, 0.25) is 0 Å². The standard InChI is InChI=1S/C16H23N3O7.C15H21N3O7.C14H19N3O7.C13H17N3O7/c20-12-10(8-25-15(22)9-4-2-1-3-5-9)26-14(13(12)21)19-7-6-11(18-24)17-16(19)23;19-11-9(7-24-14(21)8-3-1-2-4-8)25-13(12(11)20)18-6-5-10(17-23)16-15(18)22;18-10-8(6-23-13(20)7-2-1-3-7)24-12(11(10)19)17-5-4-9(16-22)15-14(17)21;17-9-7(5-22-12(19)6-1-2-6)23-11(10(9)18)16-4-3-8(15-21)14-13(16)20/h6-7,9-10,12-14,20-21,24H,1-5,8H2,(H,17,18,23);5-6,8-9,11-13,19-20,23H,1-4,7H2,(H,16,17,22);4-5,7-8,10-12,18-19,22H,1-3,6H2,(H,15,16,21);3-4,6-7,9-11,17-18,21H,1-2,5H2,(H,14,15,20)/t10-,12-,13-,14-;9-,11-,12-,13-;8-,10-,11-,12-;7-,9-,10-,11-/m1111/s1. The number of aromatic nitrogens is 8. The van der Waals surface area contributed by atoms with Crippen molar-refractivity contribution in [2.24, 2.45) is 23.7 Å². The van der Waals surface area contributed by atoms with E-state index < -0.39 is 121 Å². The van der Waals surface area contributed by atoms with Crippen LogP contribution in [-0.4, -0.2) is 223 Å². The number of hydrogen-bond donors (Lipinski definition) is 16. The number of carbonyl (C=O) groups excluding carboxylic acids is 4. The van der Waals surface area contributed by atoms with Gasteiger partial charge in [0.05, 0.1) is 23.7 Å². The maximum Gasteiger partial charge on any atom is 0.351 e. The van der Waals surface area contributed by atoms with Crippen LogP contribution in [-0.2, 0) is 57.1 Å². The molecule has 12 rings (SSSR count). The largest absolute Gasteiger partial charge is 0.463 e. The molecule has 0 aromatic carbocycles. The number of anilines is 4. The summed E-state index contributed by atoms with van der Waals surface area (Å²) in [5.74, 6) is -2.02. The van der Waals surface area contributed by atoms with Crippen molar-refractivity contribution in [3.63, 3.8) is 0 Å². The van der Waals surface area contributed by atoms with E-state index in [0.29, 0.717) is 0 Å². The van der Waals surface area contributed by atoms with Crippen molar-refractivity contribution in [1.82, 2.24) is 38.2 Å². The quantitative estimate of drug-likeness (QED) is 0.0235. The molecule has 0 bridgehead atoms. The van der Waals surface area contributed by atoms with Crippen LogP contribution in [0.5, 0.6) is 0 Å². The monoisotopic (exact) mass is 1390 g/mol. The van der Waals surface area contributed by atoms with Gasteiger partial charge in [0, 0.05) is 24.8 Å². The Kier molecular flexibility index (Phi) is 25.9. The minimum atomic E-state index is -1.39. The van der Waals surface area contributed by atoms with Gasteiger partial charge in [-0.3, -0.25) is 80.2 Å². The smallest absolute Gasteiger partial charge is 0.351 e. The van der Waals surface area contributed by atoms with E-state index in [4.69, 9.17) is 58.7 Å². The summed E-state index contributed by atoms with van der Waals surface area (Å²) in [4.78, 5) is 109. The first-order valence-electron chi connectivity index (χ1n) is 31.7. The first-order valence-corrected chi connectivity index (χ1v) is 31.7. The molecule has 4 aliphatic heterocycles. The van der Waals surface area contributed by atoms with E-state index in [1.807, 2.05) is 0 Å². The Bertz CT molecular complexity index is 3580. The number of nitrogens with one attached hydrogen (secondary N) is 4. The lowest BCUT2D eigenvalue weighted by Gasteiger charge is -2.24. The van der Waals surface area contributed by atoms with Gasteiger partial charge in [0.25, 0.3) is 0 Å². The third-order valence-corrected chi connectivity index (χ3v) is 17.8. The predicted molar refractivity (Wildman–Crippen MR) is 322 cm³/mol. The van der Waals surface area contributed by atoms with E-state index in [-0.39, 0.29) is 97.2 Å². The van der Waals surface area contributed by atoms with Crippen LogP contribution in [0.15, 0.2) is 68.2 Å².